The molecule has 1 aromatic carbocycles. The van der Waals surface area contributed by atoms with E-state index in [1.807, 2.05) is 30.3 Å². The molecular weight excluding hydrogens is 178 g/mol. The Kier molecular flexibility index (Phi) is 4.10. The van der Waals surface area contributed by atoms with Gasteiger partial charge in [-0.25, -0.2) is 0 Å². The van der Waals surface area contributed by atoms with Crippen molar-refractivity contribution in [3.8, 4) is 0 Å². The van der Waals surface area contributed by atoms with Crippen LogP contribution in [-0.4, -0.2) is 12.1 Å². The molecule has 4 nitrogen and oxygen atoms in total. The number of carbonyl (C=O) groups excluding carboxylic acids is 1. The first kappa shape index (κ1) is 10.7. The number of para-hydroxylation sites is 1. The second-order valence-corrected chi connectivity index (χ2v) is 3.12. The minimum Gasteiger partial charge on any atom is -0.326 e. The number of nitrogens with one attached hydrogen (secondary N) is 1. The third kappa shape index (κ3) is 4.02. The Hall–Kier alpha value is -1.39. The summed E-state index contributed by atoms with van der Waals surface area (Å²) in [6, 6.07) is 9.29. The number of amides is 1. The Morgan fingerprint density at radius 1 is 1.29 bits per heavy atom. The van der Waals surface area contributed by atoms with Gasteiger partial charge in [0.15, 0.2) is 0 Å². The molecule has 0 unspecified atom stereocenters. The van der Waals surface area contributed by atoms with Crippen molar-refractivity contribution < 1.29 is 4.79 Å². The molecule has 0 saturated carbocycles. The van der Waals surface area contributed by atoms with Crippen LogP contribution in [0.25, 0.3) is 0 Å². The molecule has 14 heavy (non-hydrogen) atoms. The third-order valence-electron chi connectivity index (χ3n) is 1.76. The molecule has 0 fully saturated rings. The first-order valence-electron chi connectivity index (χ1n) is 4.54. The number of anilines is 1. The van der Waals surface area contributed by atoms with Gasteiger partial charge in [-0.3, -0.25) is 4.79 Å². The van der Waals surface area contributed by atoms with Gasteiger partial charge in [0, 0.05) is 12.1 Å². The summed E-state index contributed by atoms with van der Waals surface area (Å²) in [5.74, 6) is -0.0582. The van der Waals surface area contributed by atoms with Gasteiger partial charge in [0.05, 0.1) is 6.17 Å². The van der Waals surface area contributed by atoms with Crippen molar-refractivity contribution in [3.63, 3.8) is 0 Å². The molecule has 0 bridgehead atoms. The Labute approximate surface area is 83.3 Å². The van der Waals surface area contributed by atoms with Crippen LogP contribution in [0.15, 0.2) is 30.3 Å². The van der Waals surface area contributed by atoms with Gasteiger partial charge in [0.1, 0.15) is 0 Å². The first-order valence-corrected chi connectivity index (χ1v) is 4.54. The van der Waals surface area contributed by atoms with Crippen LogP contribution in [0.5, 0.6) is 0 Å². The Balaban J connectivity index is 2.35. The fourth-order valence-corrected chi connectivity index (χ4v) is 1.04. The van der Waals surface area contributed by atoms with E-state index in [0.29, 0.717) is 12.8 Å². The van der Waals surface area contributed by atoms with Crippen LogP contribution < -0.4 is 16.8 Å². The highest BCUT2D eigenvalue weighted by Gasteiger charge is 2.03. The lowest BCUT2D eigenvalue weighted by atomic mass is 10.2. The number of nitrogens with two attached hydrogens (primary N) is 2. The van der Waals surface area contributed by atoms with Crippen molar-refractivity contribution in [2.45, 2.75) is 19.0 Å². The maximum atomic E-state index is 11.3. The average Bonchev–Trinajstić information content (AvgIpc) is 2.16. The highest BCUT2D eigenvalue weighted by Crippen LogP contribution is 2.05. The second-order valence-electron chi connectivity index (χ2n) is 3.12. The highest BCUT2D eigenvalue weighted by atomic mass is 16.1. The van der Waals surface area contributed by atoms with Crippen molar-refractivity contribution in [1.82, 2.24) is 0 Å². The van der Waals surface area contributed by atoms with Gasteiger partial charge in [-0.2, -0.15) is 0 Å². The maximum absolute atomic E-state index is 11.3. The number of hydrogen-bond donors (Lipinski definition) is 3. The van der Waals surface area contributed by atoms with Crippen LogP contribution in [0, 0.1) is 0 Å². The largest absolute Gasteiger partial charge is 0.326 e. The van der Waals surface area contributed by atoms with Crippen LogP contribution in [0.3, 0.4) is 0 Å². The van der Waals surface area contributed by atoms with Crippen LogP contribution in [0.4, 0.5) is 5.69 Å². The molecule has 0 spiro atoms. The molecule has 1 rings (SSSR count). The minimum absolute atomic E-state index is 0.0582. The molecular formula is C10H15N3O. The van der Waals surface area contributed by atoms with Crippen molar-refractivity contribution in [2.75, 3.05) is 5.32 Å². The van der Waals surface area contributed by atoms with Gasteiger partial charge in [-0.1, -0.05) is 18.2 Å². The molecule has 4 heteroatoms. The fraction of sp³-hybridized carbons (Fsp3) is 0.300. The van der Waals surface area contributed by atoms with Gasteiger partial charge in [0.2, 0.25) is 5.91 Å². The monoisotopic (exact) mass is 193 g/mol. The van der Waals surface area contributed by atoms with Crippen molar-refractivity contribution in [1.29, 1.82) is 0 Å². The molecule has 76 valence electrons. The molecule has 1 amide bonds. The Morgan fingerprint density at radius 3 is 2.50 bits per heavy atom. The van der Waals surface area contributed by atoms with Gasteiger partial charge < -0.3 is 16.8 Å². The van der Waals surface area contributed by atoms with Crippen LogP contribution in [-0.2, 0) is 4.79 Å². The molecule has 0 aliphatic carbocycles. The second kappa shape index (κ2) is 5.36. The van der Waals surface area contributed by atoms with E-state index < -0.39 is 6.17 Å². The van der Waals surface area contributed by atoms with Crippen molar-refractivity contribution >= 4 is 11.6 Å². The summed E-state index contributed by atoms with van der Waals surface area (Å²) >= 11 is 0. The molecule has 0 radical (unpaired) electrons. The summed E-state index contributed by atoms with van der Waals surface area (Å²) in [7, 11) is 0. The SMILES string of the molecule is NC(N)CCC(=O)Nc1ccccc1. The standard InChI is InChI=1S/C10H15N3O/c11-9(12)6-7-10(14)13-8-4-2-1-3-5-8/h1-5,9H,6-7,11-12H2,(H,13,14). The molecule has 0 aromatic heterocycles. The van der Waals surface area contributed by atoms with E-state index in [9.17, 15) is 4.79 Å². The van der Waals surface area contributed by atoms with E-state index in [1.165, 1.54) is 0 Å². The van der Waals surface area contributed by atoms with Crippen LogP contribution in [0.1, 0.15) is 12.8 Å². The molecule has 1 aromatic rings. The predicted molar refractivity (Wildman–Crippen MR) is 56.5 cm³/mol. The molecule has 0 saturated heterocycles. The van der Waals surface area contributed by atoms with Gasteiger partial charge in [0.25, 0.3) is 0 Å². The quantitative estimate of drug-likeness (QED) is 0.614. The topological polar surface area (TPSA) is 81.1 Å². The maximum Gasteiger partial charge on any atom is 0.224 e. The summed E-state index contributed by atoms with van der Waals surface area (Å²) in [5.41, 5.74) is 11.5. The summed E-state index contributed by atoms with van der Waals surface area (Å²) in [6.45, 7) is 0. The summed E-state index contributed by atoms with van der Waals surface area (Å²) in [6.07, 6.45) is 0.433. The van der Waals surface area contributed by atoms with E-state index in [-0.39, 0.29) is 5.91 Å². The molecule has 0 atom stereocenters. The predicted octanol–water partition coefficient (Wildman–Crippen LogP) is 0.649. The number of rotatable bonds is 4. The molecule has 5 N–H and O–H groups in total. The number of hydrogen-bond acceptors (Lipinski definition) is 3. The zero-order valence-corrected chi connectivity index (χ0v) is 7.94. The van der Waals surface area contributed by atoms with E-state index in [4.69, 9.17) is 11.5 Å². The number of carbonyl (C=O) groups is 1. The Bertz CT molecular complexity index is 285. The summed E-state index contributed by atoms with van der Waals surface area (Å²) in [4.78, 5) is 11.3. The molecule has 0 heterocycles. The van der Waals surface area contributed by atoms with E-state index in [0.717, 1.165) is 5.69 Å². The lowest BCUT2D eigenvalue weighted by Crippen LogP contribution is -2.31. The minimum atomic E-state index is -0.420. The summed E-state index contributed by atoms with van der Waals surface area (Å²) in [5, 5.41) is 2.75. The molecule has 0 aliphatic heterocycles. The van der Waals surface area contributed by atoms with Gasteiger partial charge >= 0.3 is 0 Å². The van der Waals surface area contributed by atoms with E-state index in [2.05, 4.69) is 5.32 Å². The van der Waals surface area contributed by atoms with Crippen LogP contribution in [0.2, 0.25) is 0 Å². The lowest BCUT2D eigenvalue weighted by Gasteiger charge is -2.06. The Morgan fingerprint density at radius 2 is 1.93 bits per heavy atom. The average molecular weight is 193 g/mol. The number of benzene rings is 1. The first-order chi connectivity index (χ1) is 6.68. The summed E-state index contributed by atoms with van der Waals surface area (Å²) < 4.78 is 0. The normalized spacial score (nSPS) is 10.2. The van der Waals surface area contributed by atoms with Crippen molar-refractivity contribution in [3.05, 3.63) is 30.3 Å². The highest BCUT2D eigenvalue weighted by molar-refractivity contribution is 5.90. The van der Waals surface area contributed by atoms with Crippen molar-refractivity contribution in [2.24, 2.45) is 11.5 Å². The lowest BCUT2D eigenvalue weighted by molar-refractivity contribution is -0.116. The van der Waals surface area contributed by atoms with Gasteiger partial charge in [-0.05, 0) is 18.6 Å². The zero-order chi connectivity index (χ0) is 10.4. The van der Waals surface area contributed by atoms with Gasteiger partial charge in [-0.15, -0.1) is 0 Å². The smallest absolute Gasteiger partial charge is 0.224 e. The van der Waals surface area contributed by atoms with Crippen LogP contribution >= 0.6 is 0 Å². The molecule has 0 aliphatic rings. The van der Waals surface area contributed by atoms with E-state index >= 15 is 0 Å². The zero-order valence-electron chi connectivity index (χ0n) is 7.94. The fourth-order valence-electron chi connectivity index (χ4n) is 1.04. The van der Waals surface area contributed by atoms with E-state index in [1.54, 1.807) is 0 Å². The third-order valence-corrected chi connectivity index (χ3v) is 1.76.